The zero-order valence-electron chi connectivity index (χ0n) is 19.8. The number of hydrogen-bond acceptors (Lipinski definition) is 4. The molecule has 4 saturated carbocycles. The molecule has 2 aromatic rings. The van der Waals surface area contributed by atoms with E-state index in [1.807, 2.05) is 41.8 Å². The average Bonchev–Trinajstić information content (AvgIpc) is 2.78. The Morgan fingerprint density at radius 3 is 2.00 bits per heavy atom. The van der Waals surface area contributed by atoms with Gasteiger partial charge in [0.2, 0.25) is 5.91 Å². The molecule has 5 aliphatic rings. The maximum atomic E-state index is 13.2. The molecule has 2 heterocycles. The van der Waals surface area contributed by atoms with Crippen LogP contribution in [0.2, 0.25) is 0 Å². The summed E-state index contributed by atoms with van der Waals surface area (Å²) in [5.41, 5.74) is 4.30. The summed E-state index contributed by atoms with van der Waals surface area (Å²) in [6.07, 6.45) is 8.77. The van der Waals surface area contributed by atoms with Gasteiger partial charge < -0.3 is 9.80 Å². The van der Waals surface area contributed by atoms with Gasteiger partial charge in [-0.15, -0.1) is 0 Å². The van der Waals surface area contributed by atoms with Gasteiger partial charge in [-0.3, -0.25) is 9.59 Å². The van der Waals surface area contributed by atoms with Crippen LogP contribution in [0.15, 0.2) is 18.2 Å². The first-order valence-electron chi connectivity index (χ1n) is 12.7. The van der Waals surface area contributed by atoms with E-state index in [1.165, 1.54) is 38.5 Å². The molecule has 6 nitrogen and oxygen atoms in total. The topological polar surface area (TPSA) is 66.4 Å². The summed E-state index contributed by atoms with van der Waals surface area (Å²) in [6.45, 7) is 6.37. The third kappa shape index (κ3) is 3.81. The summed E-state index contributed by atoms with van der Waals surface area (Å²) >= 11 is 0. The van der Waals surface area contributed by atoms with Crippen LogP contribution in [0.1, 0.15) is 66.7 Å². The van der Waals surface area contributed by atoms with Crippen LogP contribution in [0.5, 0.6) is 0 Å². The van der Waals surface area contributed by atoms with Crippen molar-refractivity contribution in [1.82, 2.24) is 19.8 Å². The quantitative estimate of drug-likeness (QED) is 0.711. The molecule has 1 aliphatic heterocycles. The van der Waals surface area contributed by atoms with Crippen molar-refractivity contribution in [2.45, 2.75) is 58.8 Å². The maximum absolute atomic E-state index is 13.2. The number of amides is 2. The van der Waals surface area contributed by atoms with Crippen molar-refractivity contribution < 1.29 is 9.59 Å². The Kier molecular flexibility index (Phi) is 4.96. The fourth-order valence-electron chi connectivity index (χ4n) is 7.64. The van der Waals surface area contributed by atoms with E-state index >= 15 is 0 Å². The van der Waals surface area contributed by atoms with E-state index in [0.29, 0.717) is 37.6 Å². The van der Waals surface area contributed by atoms with Crippen molar-refractivity contribution in [1.29, 1.82) is 0 Å². The molecule has 6 heteroatoms. The first-order chi connectivity index (χ1) is 15.9. The Morgan fingerprint density at radius 1 is 0.848 bits per heavy atom. The Bertz CT molecular complexity index is 1080. The highest BCUT2D eigenvalue weighted by atomic mass is 16.2. The third-order valence-electron chi connectivity index (χ3n) is 8.93. The van der Waals surface area contributed by atoms with Gasteiger partial charge in [0, 0.05) is 38.2 Å². The number of carbonyl (C=O) groups is 2. The first-order valence-corrected chi connectivity index (χ1v) is 12.7. The fourth-order valence-corrected chi connectivity index (χ4v) is 7.64. The van der Waals surface area contributed by atoms with Gasteiger partial charge in [-0.05, 0) is 93.7 Å². The Morgan fingerprint density at radius 2 is 1.39 bits per heavy atom. The predicted molar refractivity (Wildman–Crippen MR) is 127 cm³/mol. The van der Waals surface area contributed by atoms with Crippen molar-refractivity contribution in [2.75, 3.05) is 26.2 Å². The second kappa shape index (κ2) is 7.78. The zero-order chi connectivity index (χ0) is 22.7. The molecule has 0 atom stereocenters. The van der Waals surface area contributed by atoms with E-state index in [1.54, 1.807) is 0 Å². The van der Waals surface area contributed by atoms with Gasteiger partial charge in [0.05, 0.1) is 22.4 Å². The predicted octanol–water partition coefficient (Wildman–Crippen LogP) is 4.14. The number of benzene rings is 1. The van der Waals surface area contributed by atoms with Gasteiger partial charge in [0.1, 0.15) is 0 Å². The summed E-state index contributed by atoms with van der Waals surface area (Å²) in [5.74, 6) is 2.95. The molecule has 0 spiro atoms. The molecule has 4 bridgehead atoms. The summed E-state index contributed by atoms with van der Waals surface area (Å²) in [6, 6.07) is 5.58. The number of fused-ring (bicyclic) bond motifs is 1. The Balaban J connectivity index is 1.09. The second-order valence-corrected chi connectivity index (χ2v) is 11.4. The van der Waals surface area contributed by atoms with Gasteiger partial charge in [0.25, 0.3) is 5.91 Å². The standard InChI is InChI=1S/C27H34N4O2/c1-17-18(2)29-24-12-22(3-4-23(24)28-17)26(33)31-7-5-30(6-8-31)25(32)16-27-13-19-9-20(14-27)11-21(10-19)15-27/h3-4,12,19-21H,5-11,13-16H2,1-2H3. The van der Waals surface area contributed by atoms with Crippen LogP contribution in [-0.4, -0.2) is 57.8 Å². The van der Waals surface area contributed by atoms with Crippen LogP contribution in [0.25, 0.3) is 11.0 Å². The van der Waals surface area contributed by atoms with Crippen molar-refractivity contribution in [3.05, 3.63) is 35.2 Å². The Labute approximate surface area is 195 Å². The third-order valence-corrected chi connectivity index (χ3v) is 8.93. The molecule has 1 aromatic heterocycles. The highest BCUT2D eigenvalue weighted by molar-refractivity contribution is 5.97. The van der Waals surface area contributed by atoms with E-state index in [9.17, 15) is 9.59 Å². The van der Waals surface area contributed by atoms with Gasteiger partial charge in [0.15, 0.2) is 0 Å². The lowest BCUT2D eigenvalue weighted by molar-refractivity contribution is -0.141. The smallest absolute Gasteiger partial charge is 0.254 e. The molecule has 7 rings (SSSR count). The molecule has 1 saturated heterocycles. The molecule has 5 fully saturated rings. The maximum Gasteiger partial charge on any atom is 0.254 e. The van der Waals surface area contributed by atoms with E-state index in [2.05, 4.69) is 9.97 Å². The molecule has 1 aromatic carbocycles. The molecular formula is C27H34N4O2. The number of aromatic nitrogens is 2. The largest absolute Gasteiger partial charge is 0.339 e. The highest BCUT2D eigenvalue weighted by Gasteiger charge is 2.51. The SMILES string of the molecule is Cc1nc2ccc(C(=O)N3CCN(C(=O)CC45CC6CC(CC(C6)C4)C5)CC3)cc2nc1C. The van der Waals surface area contributed by atoms with E-state index < -0.39 is 0 Å². The summed E-state index contributed by atoms with van der Waals surface area (Å²) in [4.78, 5) is 39.4. The molecule has 2 amide bonds. The van der Waals surface area contributed by atoms with Gasteiger partial charge in [-0.1, -0.05) is 0 Å². The Hall–Kier alpha value is -2.50. The number of nitrogens with zero attached hydrogens (tertiary/aromatic N) is 4. The van der Waals surface area contributed by atoms with E-state index in [-0.39, 0.29) is 11.3 Å². The normalized spacial score (nSPS) is 30.8. The van der Waals surface area contributed by atoms with Gasteiger partial charge >= 0.3 is 0 Å². The molecule has 0 unspecified atom stereocenters. The van der Waals surface area contributed by atoms with Crippen LogP contribution < -0.4 is 0 Å². The molecule has 33 heavy (non-hydrogen) atoms. The minimum Gasteiger partial charge on any atom is -0.339 e. The number of hydrogen-bond donors (Lipinski definition) is 0. The van der Waals surface area contributed by atoms with Gasteiger partial charge in [-0.2, -0.15) is 0 Å². The van der Waals surface area contributed by atoms with Crippen LogP contribution >= 0.6 is 0 Å². The average molecular weight is 447 g/mol. The van der Waals surface area contributed by atoms with E-state index in [4.69, 9.17) is 0 Å². The summed E-state index contributed by atoms with van der Waals surface area (Å²) in [7, 11) is 0. The number of piperazine rings is 1. The first kappa shape index (κ1) is 21.1. The van der Waals surface area contributed by atoms with Crippen molar-refractivity contribution in [3.8, 4) is 0 Å². The minimum atomic E-state index is 0.0186. The van der Waals surface area contributed by atoms with Crippen LogP contribution in [0.3, 0.4) is 0 Å². The lowest BCUT2D eigenvalue weighted by atomic mass is 9.49. The van der Waals surface area contributed by atoms with Gasteiger partial charge in [-0.25, -0.2) is 9.97 Å². The minimum absolute atomic E-state index is 0.0186. The molecule has 0 N–H and O–H groups in total. The van der Waals surface area contributed by atoms with Crippen LogP contribution in [0.4, 0.5) is 0 Å². The monoisotopic (exact) mass is 446 g/mol. The molecular weight excluding hydrogens is 412 g/mol. The summed E-state index contributed by atoms with van der Waals surface area (Å²) < 4.78 is 0. The van der Waals surface area contributed by atoms with Crippen LogP contribution in [0, 0.1) is 37.0 Å². The number of rotatable bonds is 3. The number of aryl methyl sites for hydroxylation is 2. The highest BCUT2D eigenvalue weighted by Crippen LogP contribution is 2.61. The number of carbonyl (C=O) groups excluding carboxylic acids is 2. The second-order valence-electron chi connectivity index (χ2n) is 11.4. The molecule has 0 radical (unpaired) electrons. The lowest BCUT2D eigenvalue weighted by Crippen LogP contribution is -2.53. The van der Waals surface area contributed by atoms with Crippen molar-refractivity contribution in [2.24, 2.45) is 23.2 Å². The molecule has 174 valence electrons. The van der Waals surface area contributed by atoms with Crippen molar-refractivity contribution >= 4 is 22.8 Å². The van der Waals surface area contributed by atoms with Crippen LogP contribution in [-0.2, 0) is 4.79 Å². The fraction of sp³-hybridized carbons (Fsp3) is 0.630. The van der Waals surface area contributed by atoms with Crippen molar-refractivity contribution in [3.63, 3.8) is 0 Å². The summed E-state index contributed by atoms with van der Waals surface area (Å²) in [5, 5.41) is 0. The lowest BCUT2D eigenvalue weighted by Gasteiger charge is -2.57. The van der Waals surface area contributed by atoms with E-state index in [0.717, 1.165) is 46.6 Å². The molecule has 4 aliphatic carbocycles. The zero-order valence-corrected chi connectivity index (χ0v) is 19.8.